The number of rotatable bonds is 4. The number of halogens is 1. The van der Waals surface area contributed by atoms with E-state index in [-0.39, 0.29) is 17.1 Å². The molecule has 0 amide bonds. The molecule has 124 valence electrons. The third kappa shape index (κ3) is 2.71. The van der Waals surface area contributed by atoms with Crippen LogP contribution in [0.4, 0.5) is 0 Å². The SMILES string of the molecule is CC1C=C(CCBr)C=CC1(C)c1cc2ccccc2c(C=O)c1O. The van der Waals surface area contributed by atoms with Crippen LogP contribution in [0.15, 0.2) is 54.1 Å². The summed E-state index contributed by atoms with van der Waals surface area (Å²) in [6.07, 6.45) is 8.30. The lowest BCUT2D eigenvalue weighted by Gasteiger charge is -2.36. The van der Waals surface area contributed by atoms with Crippen molar-refractivity contribution in [2.45, 2.75) is 25.7 Å². The van der Waals surface area contributed by atoms with Gasteiger partial charge in [-0.25, -0.2) is 0 Å². The molecule has 2 aromatic carbocycles. The van der Waals surface area contributed by atoms with Gasteiger partial charge in [0.1, 0.15) is 5.75 Å². The number of hydrogen-bond acceptors (Lipinski definition) is 2. The van der Waals surface area contributed by atoms with E-state index in [4.69, 9.17) is 0 Å². The van der Waals surface area contributed by atoms with Crippen LogP contribution < -0.4 is 0 Å². The average molecular weight is 385 g/mol. The predicted molar refractivity (Wildman–Crippen MR) is 103 cm³/mol. The molecule has 0 aliphatic heterocycles. The van der Waals surface area contributed by atoms with Gasteiger partial charge < -0.3 is 5.11 Å². The number of benzene rings is 2. The minimum atomic E-state index is -0.346. The first kappa shape index (κ1) is 17.0. The second-order valence-corrected chi connectivity index (χ2v) is 7.40. The summed E-state index contributed by atoms with van der Waals surface area (Å²) >= 11 is 3.48. The van der Waals surface area contributed by atoms with Gasteiger partial charge in [-0.2, -0.15) is 0 Å². The first-order valence-corrected chi connectivity index (χ1v) is 9.29. The lowest BCUT2D eigenvalue weighted by molar-refractivity contribution is 0.112. The molecule has 3 heteroatoms. The van der Waals surface area contributed by atoms with E-state index >= 15 is 0 Å². The number of allylic oxidation sites excluding steroid dienone is 4. The summed E-state index contributed by atoms with van der Waals surface area (Å²) in [6.45, 7) is 4.28. The molecule has 2 aromatic rings. The molecule has 1 aliphatic rings. The number of phenols is 1. The van der Waals surface area contributed by atoms with Crippen LogP contribution >= 0.6 is 15.9 Å². The molecule has 0 bridgehead atoms. The summed E-state index contributed by atoms with van der Waals surface area (Å²) in [6, 6.07) is 9.71. The zero-order chi connectivity index (χ0) is 17.3. The predicted octanol–water partition coefficient (Wildman–Crippen LogP) is 5.53. The molecular formula is C21H21BrO2. The molecule has 3 rings (SSSR count). The standard InChI is InChI=1S/C21H21BrO2/c1-14-11-15(8-10-22)7-9-21(14,2)19-12-16-5-3-4-6-17(16)18(13-23)20(19)24/h3-7,9,11-14,24H,8,10H2,1-2H3. The molecule has 1 N–H and O–H groups in total. The zero-order valence-corrected chi connectivity index (χ0v) is 15.5. The van der Waals surface area contributed by atoms with E-state index in [1.54, 1.807) is 0 Å². The summed E-state index contributed by atoms with van der Waals surface area (Å²) in [7, 11) is 0. The Morgan fingerprint density at radius 1 is 1.33 bits per heavy atom. The maximum Gasteiger partial charge on any atom is 0.154 e. The molecule has 2 nitrogen and oxygen atoms in total. The lowest BCUT2D eigenvalue weighted by Crippen LogP contribution is -2.29. The van der Waals surface area contributed by atoms with Crippen LogP contribution in [0.1, 0.15) is 36.2 Å². The smallest absolute Gasteiger partial charge is 0.154 e. The molecule has 1 aliphatic carbocycles. The van der Waals surface area contributed by atoms with Crippen LogP contribution in [0.2, 0.25) is 0 Å². The van der Waals surface area contributed by atoms with Crippen LogP contribution in [0.3, 0.4) is 0 Å². The topological polar surface area (TPSA) is 37.3 Å². The molecule has 24 heavy (non-hydrogen) atoms. The van der Waals surface area contributed by atoms with Crippen LogP contribution in [0.25, 0.3) is 10.8 Å². The Labute approximate surface area is 151 Å². The zero-order valence-electron chi connectivity index (χ0n) is 13.9. The molecule has 0 saturated carbocycles. The molecule has 0 radical (unpaired) electrons. The van der Waals surface area contributed by atoms with Crippen LogP contribution in [-0.2, 0) is 5.41 Å². The Morgan fingerprint density at radius 3 is 2.75 bits per heavy atom. The third-order valence-corrected chi connectivity index (χ3v) is 5.59. The monoisotopic (exact) mass is 384 g/mol. The summed E-state index contributed by atoms with van der Waals surface area (Å²) in [4.78, 5) is 11.6. The Kier molecular flexibility index (Phi) is 4.64. The summed E-state index contributed by atoms with van der Waals surface area (Å²) in [5.74, 6) is 0.322. The Hall–Kier alpha value is -1.87. The van der Waals surface area contributed by atoms with Gasteiger partial charge in [0.15, 0.2) is 6.29 Å². The first-order valence-electron chi connectivity index (χ1n) is 8.17. The summed E-state index contributed by atoms with van der Waals surface area (Å²) in [5.41, 5.74) is 2.14. The first-order chi connectivity index (χ1) is 11.5. The molecule has 2 atom stereocenters. The van der Waals surface area contributed by atoms with Gasteiger partial charge in [0, 0.05) is 16.3 Å². The number of fused-ring (bicyclic) bond motifs is 1. The number of alkyl halides is 1. The minimum absolute atomic E-state index is 0.0973. The van der Waals surface area contributed by atoms with E-state index in [0.717, 1.165) is 34.4 Å². The fourth-order valence-electron chi connectivity index (χ4n) is 3.49. The van der Waals surface area contributed by atoms with Gasteiger partial charge >= 0.3 is 0 Å². The van der Waals surface area contributed by atoms with Gasteiger partial charge in [0.2, 0.25) is 0 Å². The van der Waals surface area contributed by atoms with Crippen LogP contribution in [0, 0.1) is 5.92 Å². The van der Waals surface area contributed by atoms with Gasteiger partial charge in [-0.3, -0.25) is 4.79 Å². The van der Waals surface area contributed by atoms with Crippen LogP contribution in [0.5, 0.6) is 5.75 Å². The van der Waals surface area contributed by atoms with Crippen molar-refractivity contribution in [2.75, 3.05) is 5.33 Å². The number of hydrogen-bond donors (Lipinski definition) is 1. The van der Waals surface area contributed by atoms with Gasteiger partial charge in [-0.05, 0) is 29.2 Å². The number of phenolic OH excluding ortho intramolecular Hbond substituents is 1. The number of aldehydes is 1. The minimum Gasteiger partial charge on any atom is -0.507 e. The van der Waals surface area contributed by atoms with Crippen molar-refractivity contribution in [3.63, 3.8) is 0 Å². The van der Waals surface area contributed by atoms with E-state index in [0.29, 0.717) is 5.56 Å². The Bertz CT molecular complexity index is 850. The van der Waals surface area contributed by atoms with Gasteiger partial charge in [-0.15, -0.1) is 0 Å². The largest absolute Gasteiger partial charge is 0.507 e. The second-order valence-electron chi connectivity index (χ2n) is 6.61. The Morgan fingerprint density at radius 2 is 2.08 bits per heavy atom. The van der Waals surface area contributed by atoms with Crippen LogP contribution in [-0.4, -0.2) is 16.7 Å². The van der Waals surface area contributed by atoms with Crippen molar-refractivity contribution in [1.29, 1.82) is 0 Å². The van der Waals surface area contributed by atoms with E-state index in [2.05, 4.69) is 48.0 Å². The molecule has 0 fully saturated rings. The summed E-state index contributed by atoms with van der Waals surface area (Å²) < 4.78 is 0. The second kappa shape index (κ2) is 6.56. The highest BCUT2D eigenvalue weighted by molar-refractivity contribution is 9.09. The highest BCUT2D eigenvalue weighted by atomic mass is 79.9. The van der Waals surface area contributed by atoms with Gasteiger partial charge in [0.05, 0.1) is 5.56 Å². The molecular weight excluding hydrogens is 364 g/mol. The van der Waals surface area contributed by atoms with E-state index in [1.807, 2.05) is 30.3 Å². The molecule has 0 saturated heterocycles. The third-order valence-electron chi connectivity index (χ3n) is 5.20. The van der Waals surface area contributed by atoms with Crippen molar-refractivity contribution in [1.82, 2.24) is 0 Å². The van der Waals surface area contributed by atoms with E-state index < -0.39 is 0 Å². The Balaban J connectivity index is 2.18. The van der Waals surface area contributed by atoms with Crippen molar-refractivity contribution in [3.8, 4) is 5.75 Å². The van der Waals surface area contributed by atoms with Crippen molar-refractivity contribution in [3.05, 3.63) is 65.3 Å². The van der Waals surface area contributed by atoms with Crippen molar-refractivity contribution < 1.29 is 9.90 Å². The normalized spacial score (nSPS) is 23.3. The van der Waals surface area contributed by atoms with E-state index in [1.165, 1.54) is 5.57 Å². The van der Waals surface area contributed by atoms with Crippen molar-refractivity contribution >= 4 is 33.0 Å². The van der Waals surface area contributed by atoms with Crippen molar-refractivity contribution in [2.24, 2.45) is 5.92 Å². The molecule has 0 spiro atoms. The fraction of sp³-hybridized carbons (Fsp3) is 0.286. The fourth-order valence-corrected chi connectivity index (χ4v) is 3.94. The van der Waals surface area contributed by atoms with E-state index in [9.17, 15) is 9.90 Å². The molecule has 0 aromatic heterocycles. The quantitative estimate of drug-likeness (QED) is 0.555. The number of carbonyl (C=O) groups is 1. The average Bonchev–Trinajstić information content (AvgIpc) is 2.58. The lowest BCUT2D eigenvalue weighted by atomic mass is 9.68. The van der Waals surface area contributed by atoms with Gasteiger partial charge in [0.25, 0.3) is 0 Å². The highest BCUT2D eigenvalue weighted by Gasteiger charge is 2.35. The highest BCUT2D eigenvalue weighted by Crippen LogP contribution is 2.45. The molecule has 0 heterocycles. The summed E-state index contributed by atoms with van der Waals surface area (Å²) in [5, 5.41) is 13.5. The van der Waals surface area contributed by atoms with Gasteiger partial charge in [-0.1, -0.05) is 77.8 Å². The molecule has 2 unspecified atom stereocenters. The number of carbonyl (C=O) groups excluding carboxylic acids is 1. The maximum atomic E-state index is 11.6. The maximum absolute atomic E-state index is 11.6. The number of aromatic hydroxyl groups is 1.